The zero-order chi connectivity index (χ0) is 16.4. The highest BCUT2D eigenvalue weighted by Gasteiger charge is 2.26. The van der Waals surface area contributed by atoms with Gasteiger partial charge in [-0.3, -0.25) is 0 Å². The van der Waals surface area contributed by atoms with Crippen LogP contribution in [0.15, 0.2) is 29.3 Å². The van der Waals surface area contributed by atoms with Gasteiger partial charge < -0.3 is 15.4 Å². The van der Waals surface area contributed by atoms with Crippen molar-refractivity contribution in [2.45, 2.75) is 33.0 Å². The van der Waals surface area contributed by atoms with Gasteiger partial charge in [0.15, 0.2) is 5.96 Å². The lowest BCUT2D eigenvalue weighted by Gasteiger charge is -2.13. The third kappa shape index (κ3) is 7.19. The Labute approximate surface area is 128 Å². The van der Waals surface area contributed by atoms with Crippen molar-refractivity contribution in [3.8, 4) is 5.75 Å². The topological polar surface area (TPSA) is 45.7 Å². The molecule has 0 fully saturated rings. The van der Waals surface area contributed by atoms with Gasteiger partial charge >= 0.3 is 6.18 Å². The van der Waals surface area contributed by atoms with Gasteiger partial charge in [0.1, 0.15) is 5.75 Å². The van der Waals surface area contributed by atoms with E-state index in [9.17, 15) is 13.2 Å². The van der Waals surface area contributed by atoms with Crippen LogP contribution in [0.2, 0.25) is 0 Å². The smallest absolute Gasteiger partial charge is 0.390 e. The monoisotopic (exact) mass is 317 g/mol. The van der Waals surface area contributed by atoms with E-state index in [4.69, 9.17) is 4.74 Å². The molecule has 0 unspecified atom stereocenters. The summed E-state index contributed by atoms with van der Waals surface area (Å²) >= 11 is 0. The minimum absolute atomic E-state index is 0.206. The molecule has 0 aliphatic carbocycles. The van der Waals surface area contributed by atoms with Gasteiger partial charge in [0.25, 0.3) is 0 Å². The Bertz CT molecular complexity index is 475. The van der Waals surface area contributed by atoms with E-state index >= 15 is 0 Å². The Kier molecular flexibility index (Phi) is 7.56. The lowest BCUT2D eigenvalue weighted by molar-refractivity contribution is -0.132. The van der Waals surface area contributed by atoms with E-state index in [2.05, 4.69) is 15.6 Å². The van der Waals surface area contributed by atoms with Gasteiger partial charge in [0.05, 0.1) is 19.6 Å². The van der Waals surface area contributed by atoms with E-state index in [1.807, 2.05) is 38.1 Å². The molecule has 1 aromatic carbocycles. The summed E-state index contributed by atoms with van der Waals surface area (Å²) in [6.45, 7) is 4.99. The van der Waals surface area contributed by atoms with Gasteiger partial charge in [0, 0.05) is 18.7 Å². The van der Waals surface area contributed by atoms with Gasteiger partial charge in [-0.05, 0) is 19.9 Å². The summed E-state index contributed by atoms with van der Waals surface area (Å²) in [5.74, 6) is 1.10. The number of benzene rings is 1. The Balaban J connectivity index is 2.65. The van der Waals surface area contributed by atoms with Crippen molar-refractivity contribution >= 4 is 5.96 Å². The number of rotatable bonds is 7. The van der Waals surface area contributed by atoms with E-state index in [1.54, 1.807) is 0 Å². The highest BCUT2D eigenvalue weighted by atomic mass is 19.4. The molecule has 2 N–H and O–H groups in total. The maximum atomic E-state index is 12.2. The first-order chi connectivity index (χ1) is 10.5. The Morgan fingerprint density at radius 2 is 1.91 bits per heavy atom. The van der Waals surface area contributed by atoms with E-state index in [0.29, 0.717) is 25.7 Å². The number of nitrogens with zero attached hydrogens (tertiary/aromatic N) is 1. The fourth-order valence-corrected chi connectivity index (χ4v) is 1.76. The Morgan fingerprint density at radius 1 is 1.18 bits per heavy atom. The van der Waals surface area contributed by atoms with Crippen LogP contribution in [-0.4, -0.2) is 31.8 Å². The van der Waals surface area contributed by atoms with Crippen LogP contribution in [0.5, 0.6) is 5.75 Å². The molecule has 0 radical (unpaired) electrons. The molecule has 0 aliphatic rings. The highest BCUT2D eigenvalue weighted by Crippen LogP contribution is 2.19. The largest absolute Gasteiger partial charge is 0.494 e. The summed E-state index contributed by atoms with van der Waals surface area (Å²) in [4.78, 5) is 4.29. The van der Waals surface area contributed by atoms with E-state index in [0.717, 1.165) is 11.3 Å². The summed E-state index contributed by atoms with van der Waals surface area (Å²) in [6, 6.07) is 7.47. The minimum Gasteiger partial charge on any atom is -0.494 e. The predicted octanol–water partition coefficient (Wildman–Crippen LogP) is 3.09. The number of hydrogen-bond acceptors (Lipinski definition) is 2. The van der Waals surface area contributed by atoms with Crippen molar-refractivity contribution in [2.24, 2.45) is 4.99 Å². The number of ether oxygens (including phenoxy) is 1. The fraction of sp³-hybridized carbons (Fsp3) is 0.533. The van der Waals surface area contributed by atoms with Gasteiger partial charge in [-0.2, -0.15) is 13.2 Å². The molecule has 22 heavy (non-hydrogen) atoms. The van der Waals surface area contributed by atoms with Gasteiger partial charge in [-0.25, -0.2) is 4.99 Å². The molecule has 7 heteroatoms. The van der Waals surface area contributed by atoms with Crippen LogP contribution in [0, 0.1) is 0 Å². The molecule has 0 heterocycles. The second-order valence-corrected chi connectivity index (χ2v) is 4.53. The lowest BCUT2D eigenvalue weighted by Crippen LogP contribution is -2.38. The van der Waals surface area contributed by atoms with Crippen LogP contribution in [-0.2, 0) is 6.54 Å². The molecule has 4 nitrogen and oxygen atoms in total. The zero-order valence-electron chi connectivity index (χ0n) is 12.8. The van der Waals surface area contributed by atoms with Crippen molar-refractivity contribution in [1.29, 1.82) is 0 Å². The molecule has 0 saturated heterocycles. The Hall–Kier alpha value is -1.92. The standard InChI is InChI=1S/C15H22F3N3O/c1-3-19-14(20-10-9-15(16,17)18)21-11-12-7-5-6-8-13(12)22-4-2/h5-8H,3-4,9-11H2,1-2H3,(H2,19,20,21). The number of guanidine groups is 1. The highest BCUT2D eigenvalue weighted by molar-refractivity contribution is 5.79. The first-order valence-electron chi connectivity index (χ1n) is 7.26. The molecule has 0 aromatic heterocycles. The number of aliphatic imine (C=N–C) groups is 1. The summed E-state index contributed by atoms with van der Waals surface area (Å²) in [5.41, 5.74) is 0.886. The SMILES string of the molecule is CCNC(=NCc1ccccc1OCC)NCCC(F)(F)F. The van der Waals surface area contributed by atoms with Crippen molar-refractivity contribution in [3.63, 3.8) is 0 Å². The molecular formula is C15H22F3N3O. The zero-order valence-corrected chi connectivity index (χ0v) is 12.8. The van der Waals surface area contributed by atoms with Crippen LogP contribution >= 0.6 is 0 Å². The minimum atomic E-state index is -4.17. The summed E-state index contributed by atoms with van der Waals surface area (Å²) in [5, 5.41) is 5.60. The van der Waals surface area contributed by atoms with Crippen molar-refractivity contribution in [3.05, 3.63) is 29.8 Å². The second-order valence-electron chi connectivity index (χ2n) is 4.53. The van der Waals surface area contributed by atoms with Crippen LogP contribution in [0.3, 0.4) is 0 Å². The van der Waals surface area contributed by atoms with Crippen molar-refractivity contribution in [1.82, 2.24) is 10.6 Å². The molecule has 0 spiro atoms. The fourth-order valence-electron chi connectivity index (χ4n) is 1.76. The molecule has 0 bridgehead atoms. The molecular weight excluding hydrogens is 295 g/mol. The van der Waals surface area contributed by atoms with Crippen molar-refractivity contribution < 1.29 is 17.9 Å². The number of para-hydroxylation sites is 1. The number of nitrogens with one attached hydrogen (secondary N) is 2. The molecule has 0 atom stereocenters. The van der Waals surface area contributed by atoms with Crippen LogP contribution in [0.1, 0.15) is 25.8 Å². The van der Waals surface area contributed by atoms with Crippen LogP contribution in [0.4, 0.5) is 13.2 Å². The number of alkyl halides is 3. The number of hydrogen-bond donors (Lipinski definition) is 2. The Morgan fingerprint density at radius 3 is 2.55 bits per heavy atom. The summed E-state index contributed by atoms with van der Waals surface area (Å²) in [7, 11) is 0. The van der Waals surface area contributed by atoms with E-state index < -0.39 is 12.6 Å². The van der Waals surface area contributed by atoms with E-state index in [1.165, 1.54) is 0 Å². The molecule has 1 rings (SSSR count). The van der Waals surface area contributed by atoms with Gasteiger partial charge in [0.2, 0.25) is 0 Å². The average molecular weight is 317 g/mol. The van der Waals surface area contributed by atoms with Crippen LogP contribution < -0.4 is 15.4 Å². The molecule has 1 aromatic rings. The maximum absolute atomic E-state index is 12.2. The third-order valence-electron chi connectivity index (χ3n) is 2.73. The van der Waals surface area contributed by atoms with Gasteiger partial charge in [-0.1, -0.05) is 18.2 Å². The molecule has 0 saturated carbocycles. The van der Waals surface area contributed by atoms with Crippen molar-refractivity contribution in [2.75, 3.05) is 19.7 Å². The first kappa shape index (κ1) is 18.1. The second kappa shape index (κ2) is 9.17. The average Bonchev–Trinajstić information content (AvgIpc) is 2.45. The molecule has 0 amide bonds. The lowest BCUT2D eigenvalue weighted by atomic mass is 10.2. The predicted molar refractivity (Wildman–Crippen MR) is 81.1 cm³/mol. The quantitative estimate of drug-likeness (QED) is 0.600. The summed E-state index contributed by atoms with van der Waals surface area (Å²) in [6.07, 6.45) is -5.07. The van der Waals surface area contributed by atoms with Gasteiger partial charge in [-0.15, -0.1) is 0 Å². The third-order valence-corrected chi connectivity index (χ3v) is 2.73. The van der Waals surface area contributed by atoms with E-state index in [-0.39, 0.29) is 6.54 Å². The molecule has 0 aliphatic heterocycles. The van der Waals surface area contributed by atoms with Crippen LogP contribution in [0.25, 0.3) is 0 Å². The number of halogens is 3. The summed E-state index contributed by atoms with van der Waals surface area (Å²) < 4.78 is 42.0. The normalized spacial score (nSPS) is 12.1. The maximum Gasteiger partial charge on any atom is 0.390 e. The molecule has 124 valence electrons. The first-order valence-corrected chi connectivity index (χ1v) is 7.26.